The topological polar surface area (TPSA) is 51.4 Å². The summed E-state index contributed by atoms with van der Waals surface area (Å²) in [5.41, 5.74) is 7.63. The molecule has 2 rings (SSSR count). The van der Waals surface area contributed by atoms with Crippen LogP contribution in [0.2, 0.25) is 0 Å². The Morgan fingerprint density at radius 1 is 1.56 bits per heavy atom. The van der Waals surface area contributed by atoms with E-state index >= 15 is 0 Å². The molecular formula is C12H19N3O. The van der Waals surface area contributed by atoms with Crippen LogP contribution in [0.1, 0.15) is 19.5 Å². The third-order valence-electron chi connectivity index (χ3n) is 3.02. The Kier molecular flexibility index (Phi) is 3.41. The summed E-state index contributed by atoms with van der Waals surface area (Å²) in [6, 6.07) is 4.19. The smallest absolute Gasteiger partial charge is 0.0772 e. The first kappa shape index (κ1) is 11.4. The Balaban J connectivity index is 2.06. The molecule has 16 heavy (non-hydrogen) atoms. The molecule has 0 radical (unpaired) electrons. The zero-order valence-corrected chi connectivity index (χ0v) is 9.89. The second-order valence-corrected chi connectivity index (χ2v) is 4.46. The van der Waals surface area contributed by atoms with Crippen LogP contribution >= 0.6 is 0 Å². The molecule has 1 aliphatic rings. The summed E-state index contributed by atoms with van der Waals surface area (Å²) < 4.78 is 5.59. The number of hydrogen-bond donors (Lipinski definition) is 1. The number of morpholine rings is 1. The van der Waals surface area contributed by atoms with Crippen LogP contribution in [0.5, 0.6) is 0 Å². The van der Waals surface area contributed by atoms with Gasteiger partial charge in [-0.1, -0.05) is 0 Å². The molecule has 1 saturated heterocycles. The third-order valence-corrected chi connectivity index (χ3v) is 3.02. The van der Waals surface area contributed by atoms with E-state index in [1.165, 1.54) is 0 Å². The monoisotopic (exact) mass is 221 g/mol. The number of nitrogens with two attached hydrogens (primary N) is 1. The van der Waals surface area contributed by atoms with Crippen LogP contribution in [0.4, 0.5) is 5.69 Å². The first-order chi connectivity index (χ1) is 7.66. The molecule has 0 spiro atoms. The van der Waals surface area contributed by atoms with Crippen LogP contribution in [0, 0.1) is 0 Å². The second-order valence-electron chi connectivity index (χ2n) is 4.46. The van der Waals surface area contributed by atoms with Gasteiger partial charge in [0.15, 0.2) is 0 Å². The van der Waals surface area contributed by atoms with E-state index in [1.54, 1.807) is 6.20 Å². The largest absolute Gasteiger partial charge is 0.397 e. The molecular weight excluding hydrogens is 202 g/mol. The normalized spacial score (nSPS) is 26.9. The van der Waals surface area contributed by atoms with Gasteiger partial charge in [-0.25, -0.2) is 0 Å². The molecule has 2 N–H and O–H groups in total. The Morgan fingerprint density at radius 3 is 3.12 bits per heavy atom. The minimum Gasteiger partial charge on any atom is -0.397 e. The van der Waals surface area contributed by atoms with Crippen molar-refractivity contribution in [2.75, 3.05) is 18.9 Å². The molecule has 0 amide bonds. The van der Waals surface area contributed by atoms with E-state index in [2.05, 4.69) is 23.7 Å². The number of hydrogen-bond acceptors (Lipinski definition) is 4. The molecule has 1 aromatic heterocycles. The standard InChI is InChI=1S/C12H19N3O/c1-9-8-16-10(2)6-15(9)7-12-11(13)4-3-5-14-12/h3-5,9-10H,6-8,13H2,1-2H3. The maximum absolute atomic E-state index is 5.90. The average Bonchev–Trinajstić information content (AvgIpc) is 2.27. The number of anilines is 1. The zero-order chi connectivity index (χ0) is 11.5. The van der Waals surface area contributed by atoms with E-state index < -0.39 is 0 Å². The van der Waals surface area contributed by atoms with E-state index in [-0.39, 0.29) is 0 Å². The fourth-order valence-electron chi connectivity index (χ4n) is 1.97. The Labute approximate surface area is 96.4 Å². The first-order valence-electron chi connectivity index (χ1n) is 5.72. The fraction of sp³-hybridized carbons (Fsp3) is 0.583. The summed E-state index contributed by atoms with van der Waals surface area (Å²) in [7, 11) is 0. The molecule has 1 fully saturated rings. The minimum atomic E-state index is 0.293. The van der Waals surface area contributed by atoms with Crippen molar-refractivity contribution in [3.05, 3.63) is 24.0 Å². The Hall–Kier alpha value is -1.13. The van der Waals surface area contributed by atoms with Crippen molar-refractivity contribution in [1.29, 1.82) is 0 Å². The maximum Gasteiger partial charge on any atom is 0.0772 e. The lowest BCUT2D eigenvalue weighted by atomic mass is 10.2. The molecule has 4 nitrogen and oxygen atoms in total. The maximum atomic E-state index is 5.90. The summed E-state index contributed by atoms with van der Waals surface area (Å²) >= 11 is 0. The van der Waals surface area contributed by atoms with Gasteiger partial charge >= 0.3 is 0 Å². The zero-order valence-electron chi connectivity index (χ0n) is 9.89. The van der Waals surface area contributed by atoms with Crippen molar-refractivity contribution >= 4 is 5.69 Å². The summed E-state index contributed by atoms with van der Waals surface area (Å²) in [6.45, 7) is 6.80. The van der Waals surface area contributed by atoms with Gasteiger partial charge in [-0.05, 0) is 26.0 Å². The van der Waals surface area contributed by atoms with Crippen LogP contribution in [-0.2, 0) is 11.3 Å². The van der Waals surface area contributed by atoms with Crippen LogP contribution in [0.25, 0.3) is 0 Å². The molecule has 2 heterocycles. The van der Waals surface area contributed by atoms with Gasteiger partial charge in [0.05, 0.1) is 24.1 Å². The minimum absolute atomic E-state index is 0.293. The predicted octanol–water partition coefficient (Wildman–Crippen LogP) is 1.27. The highest BCUT2D eigenvalue weighted by Crippen LogP contribution is 2.17. The van der Waals surface area contributed by atoms with Crippen molar-refractivity contribution < 1.29 is 4.74 Å². The number of nitrogen functional groups attached to an aromatic ring is 1. The summed E-state index contributed by atoms with van der Waals surface area (Å²) in [4.78, 5) is 6.69. The lowest BCUT2D eigenvalue weighted by Crippen LogP contribution is -2.46. The third kappa shape index (κ3) is 2.51. The summed E-state index contributed by atoms with van der Waals surface area (Å²) in [5.74, 6) is 0. The number of rotatable bonds is 2. The van der Waals surface area contributed by atoms with E-state index in [9.17, 15) is 0 Å². The van der Waals surface area contributed by atoms with Gasteiger partial charge in [0.2, 0.25) is 0 Å². The van der Waals surface area contributed by atoms with Crippen LogP contribution in [0.3, 0.4) is 0 Å². The SMILES string of the molecule is CC1CN(Cc2ncccc2N)C(C)CO1. The number of pyridine rings is 1. The predicted molar refractivity (Wildman–Crippen MR) is 63.9 cm³/mol. The van der Waals surface area contributed by atoms with Crippen LogP contribution < -0.4 is 5.73 Å². The van der Waals surface area contributed by atoms with Gasteiger partial charge < -0.3 is 10.5 Å². The fourth-order valence-corrected chi connectivity index (χ4v) is 1.97. The highest BCUT2D eigenvalue weighted by atomic mass is 16.5. The van der Waals surface area contributed by atoms with E-state index in [4.69, 9.17) is 10.5 Å². The van der Waals surface area contributed by atoms with Crippen molar-refractivity contribution in [1.82, 2.24) is 9.88 Å². The van der Waals surface area contributed by atoms with E-state index in [1.807, 2.05) is 12.1 Å². The quantitative estimate of drug-likeness (QED) is 0.817. The van der Waals surface area contributed by atoms with Crippen molar-refractivity contribution in [2.24, 2.45) is 0 Å². The lowest BCUT2D eigenvalue weighted by molar-refractivity contribution is -0.0529. The van der Waals surface area contributed by atoms with Crippen molar-refractivity contribution in [3.8, 4) is 0 Å². The second kappa shape index (κ2) is 4.80. The lowest BCUT2D eigenvalue weighted by Gasteiger charge is -2.36. The summed E-state index contributed by atoms with van der Waals surface area (Å²) in [6.07, 6.45) is 2.08. The van der Waals surface area contributed by atoms with Gasteiger partial charge in [-0.2, -0.15) is 0 Å². The molecule has 1 aliphatic heterocycles. The molecule has 0 saturated carbocycles. The Bertz CT molecular complexity index is 356. The molecule has 0 aliphatic carbocycles. The highest BCUT2D eigenvalue weighted by molar-refractivity contribution is 5.41. The number of aromatic nitrogens is 1. The van der Waals surface area contributed by atoms with Gasteiger partial charge in [0.25, 0.3) is 0 Å². The molecule has 4 heteroatoms. The average molecular weight is 221 g/mol. The van der Waals surface area contributed by atoms with Gasteiger partial charge in [-0.15, -0.1) is 0 Å². The molecule has 2 unspecified atom stereocenters. The van der Waals surface area contributed by atoms with E-state index in [0.717, 1.165) is 31.1 Å². The Morgan fingerprint density at radius 2 is 2.38 bits per heavy atom. The number of nitrogens with zero attached hydrogens (tertiary/aromatic N) is 2. The van der Waals surface area contributed by atoms with E-state index in [0.29, 0.717) is 12.1 Å². The van der Waals surface area contributed by atoms with Gasteiger partial charge in [0, 0.05) is 25.3 Å². The molecule has 2 atom stereocenters. The molecule has 0 bridgehead atoms. The van der Waals surface area contributed by atoms with Crippen molar-refractivity contribution in [2.45, 2.75) is 32.5 Å². The first-order valence-corrected chi connectivity index (χ1v) is 5.72. The molecule has 1 aromatic rings. The van der Waals surface area contributed by atoms with Crippen LogP contribution in [-0.4, -0.2) is 35.2 Å². The number of ether oxygens (including phenoxy) is 1. The van der Waals surface area contributed by atoms with Gasteiger partial charge in [-0.3, -0.25) is 9.88 Å². The van der Waals surface area contributed by atoms with Crippen molar-refractivity contribution in [3.63, 3.8) is 0 Å². The highest BCUT2D eigenvalue weighted by Gasteiger charge is 2.24. The molecule has 0 aromatic carbocycles. The van der Waals surface area contributed by atoms with Gasteiger partial charge in [0.1, 0.15) is 0 Å². The van der Waals surface area contributed by atoms with Crippen LogP contribution in [0.15, 0.2) is 18.3 Å². The molecule has 88 valence electrons. The summed E-state index contributed by atoms with van der Waals surface area (Å²) in [5, 5.41) is 0.